The maximum atomic E-state index is 10.4. The molecule has 0 fully saturated rings. The third-order valence-electron chi connectivity index (χ3n) is 4.40. The molecule has 0 unspecified atom stereocenters. The van der Waals surface area contributed by atoms with Crippen molar-refractivity contribution in [3.05, 3.63) is 71.8 Å². The molecular formula is C24H28N2O4. The van der Waals surface area contributed by atoms with Crippen LogP contribution in [0.4, 0.5) is 0 Å². The first-order chi connectivity index (χ1) is 14.5. The van der Waals surface area contributed by atoms with Gasteiger partial charge in [-0.3, -0.25) is 9.98 Å². The van der Waals surface area contributed by atoms with Gasteiger partial charge in [-0.05, 0) is 37.1 Å². The fourth-order valence-corrected chi connectivity index (χ4v) is 2.87. The van der Waals surface area contributed by atoms with E-state index >= 15 is 0 Å². The standard InChI is InChI=1S/C24H28N2O4/c1-5-7-17-11-21(29-3)13-19(23(17)27)15-25-9-10-26-16-20-14-22(30-4)12-18(8-6-2)24(20)28/h5-6,11-16,27-28H,1-2,7-10H2,3-4H3. The molecule has 0 aliphatic carbocycles. The van der Waals surface area contributed by atoms with Crippen LogP contribution >= 0.6 is 0 Å². The molecule has 6 nitrogen and oxygen atoms in total. The highest BCUT2D eigenvalue weighted by molar-refractivity contribution is 5.86. The van der Waals surface area contributed by atoms with Crippen molar-refractivity contribution in [2.24, 2.45) is 9.98 Å². The van der Waals surface area contributed by atoms with E-state index in [9.17, 15) is 10.2 Å². The summed E-state index contributed by atoms with van der Waals surface area (Å²) >= 11 is 0. The Morgan fingerprint density at radius 1 is 0.767 bits per heavy atom. The van der Waals surface area contributed by atoms with Gasteiger partial charge in [0, 0.05) is 34.7 Å². The lowest BCUT2D eigenvalue weighted by Gasteiger charge is -2.09. The lowest BCUT2D eigenvalue weighted by molar-refractivity contribution is 0.411. The fourth-order valence-electron chi connectivity index (χ4n) is 2.87. The van der Waals surface area contributed by atoms with Gasteiger partial charge in [-0.15, -0.1) is 13.2 Å². The summed E-state index contributed by atoms with van der Waals surface area (Å²) in [6.45, 7) is 8.26. The minimum Gasteiger partial charge on any atom is -0.507 e. The summed E-state index contributed by atoms with van der Waals surface area (Å²) in [7, 11) is 3.16. The number of nitrogens with zero attached hydrogens (tertiary/aromatic N) is 2. The summed E-state index contributed by atoms with van der Waals surface area (Å²) in [4.78, 5) is 8.67. The Labute approximate surface area is 177 Å². The molecule has 0 amide bonds. The molecule has 0 saturated heterocycles. The Kier molecular flexibility index (Phi) is 8.69. The van der Waals surface area contributed by atoms with Crippen molar-refractivity contribution in [1.29, 1.82) is 0 Å². The van der Waals surface area contributed by atoms with Gasteiger partial charge in [0.2, 0.25) is 0 Å². The van der Waals surface area contributed by atoms with Gasteiger partial charge < -0.3 is 19.7 Å². The van der Waals surface area contributed by atoms with Crippen LogP contribution in [-0.2, 0) is 12.8 Å². The Morgan fingerprint density at radius 2 is 1.17 bits per heavy atom. The number of allylic oxidation sites excluding steroid dienone is 2. The number of methoxy groups -OCH3 is 2. The largest absolute Gasteiger partial charge is 0.507 e. The van der Waals surface area contributed by atoms with Gasteiger partial charge in [-0.25, -0.2) is 0 Å². The molecule has 0 aliphatic rings. The number of phenols is 2. The minimum atomic E-state index is 0.166. The molecule has 0 bridgehead atoms. The highest BCUT2D eigenvalue weighted by Crippen LogP contribution is 2.29. The Morgan fingerprint density at radius 3 is 1.50 bits per heavy atom. The maximum Gasteiger partial charge on any atom is 0.128 e. The molecule has 2 N–H and O–H groups in total. The van der Waals surface area contributed by atoms with Crippen molar-refractivity contribution in [3.8, 4) is 23.0 Å². The summed E-state index contributed by atoms with van der Waals surface area (Å²) in [6, 6.07) is 7.01. The van der Waals surface area contributed by atoms with Gasteiger partial charge >= 0.3 is 0 Å². The average Bonchev–Trinajstić information content (AvgIpc) is 2.75. The quantitative estimate of drug-likeness (QED) is 0.333. The Hall–Kier alpha value is -3.54. The number of hydrogen-bond donors (Lipinski definition) is 2. The molecule has 30 heavy (non-hydrogen) atoms. The number of aliphatic imine (C=N–C) groups is 2. The van der Waals surface area contributed by atoms with Crippen molar-refractivity contribution >= 4 is 12.4 Å². The minimum absolute atomic E-state index is 0.166. The van der Waals surface area contributed by atoms with E-state index in [0.29, 0.717) is 48.6 Å². The molecule has 0 atom stereocenters. The van der Waals surface area contributed by atoms with Gasteiger partial charge in [-0.2, -0.15) is 0 Å². The SMILES string of the molecule is C=CCc1cc(OC)cc(C=NCCN=Cc2cc(OC)cc(CC=C)c2O)c1O. The number of hydrogen-bond acceptors (Lipinski definition) is 6. The summed E-state index contributed by atoms with van der Waals surface area (Å²) in [5.74, 6) is 1.62. The second kappa shape index (κ2) is 11.5. The van der Waals surface area contributed by atoms with E-state index in [2.05, 4.69) is 23.1 Å². The molecule has 0 aliphatic heterocycles. The number of ether oxygens (including phenoxy) is 2. The summed E-state index contributed by atoms with van der Waals surface area (Å²) in [5, 5.41) is 20.7. The summed E-state index contributed by atoms with van der Waals surface area (Å²) in [6.07, 6.45) is 7.71. The molecule has 0 saturated carbocycles. The van der Waals surface area contributed by atoms with Gasteiger partial charge in [0.05, 0.1) is 27.3 Å². The first kappa shape index (κ1) is 22.7. The molecule has 0 heterocycles. The second-order valence-electron chi connectivity index (χ2n) is 6.50. The van der Waals surface area contributed by atoms with Crippen LogP contribution in [0.25, 0.3) is 0 Å². The average molecular weight is 408 g/mol. The lowest BCUT2D eigenvalue weighted by Crippen LogP contribution is -1.96. The Bertz CT molecular complexity index is 871. The molecular weight excluding hydrogens is 380 g/mol. The Balaban J connectivity index is 2.06. The first-order valence-corrected chi connectivity index (χ1v) is 9.55. The van der Waals surface area contributed by atoms with Crippen molar-refractivity contribution in [2.45, 2.75) is 12.8 Å². The third-order valence-corrected chi connectivity index (χ3v) is 4.40. The van der Waals surface area contributed by atoms with Crippen LogP contribution in [0, 0.1) is 0 Å². The van der Waals surface area contributed by atoms with Gasteiger partial charge in [0.15, 0.2) is 0 Å². The van der Waals surface area contributed by atoms with E-state index in [4.69, 9.17) is 9.47 Å². The van der Waals surface area contributed by atoms with Crippen LogP contribution in [0.15, 0.2) is 59.6 Å². The molecule has 2 rings (SSSR count). The van der Waals surface area contributed by atoms with Crippen LogP contribution in [0.1, 0.15) is 22.3 Å². The van der Waals surface area contributed by atoms with Crippen LogP contribution in [0.5, 0.6) is 23.0 Å². The number of aromatic hydroxyl groups is 2. The van der Waals surface area contributed by atoms with E-state index in [1.165, 1.54) is 0 Å². The van der Waals surface area contributed by atoms with Crippen LogP contribution in [-0.4, -0.2) is 50.0 Å². The zero-order valence-electron chi connectivity index (χ0n) is 17.5. The third kappa shape index (κ3) is 5.98. The van der Waals surface area contributed by atoms with Gasteiger partial charge in [0.1, 0.15) is 23.0 Å². The second-order valence-corrected chi connectivity index (χ2v) is 6.50. The van der Waals surface area contributed by atoms with E-state index in [-0.39, 0.29) is 11.5 Å². The molecule has 2 aromatic carbocycles. The van der Waals surface area contributed by atoms with E-state index in [0.717, 1.165) is 11.1 Å². The molecule has 6 heteroatoms. The molecule has 158 valence electrons. The number of benzene rings is 2. The van der Waals surface area contributed by atoms with Crippen LogP contribution in [0.3, 0.4) is 0 Å². The zero-order valence-corrected chi connectivity index (χ0v) is 17.5. The lowest BCUT2D eigenvalue weighted by atomic mass is 10.1. The molecule has 0 aromatic heterocycles. The fraction of sp³-hybridized carbons (Fsp3) is 0.250. The van der Waals surface area contributed by atoms with E-state index < -0.39 is 0 Å². The predicted octanol–water partition coefficient (Wildman–Crippen LogP) is 4.11. The monoisotopic (exact) mass is 408 g/mol. The highest BCUT2D eigenvalue weighted by atomic mass is 16.5. The summed E-state index contributed by atoms with van der Waals surface area (Å²) < 4.78 is 10.6. The zero-order chi connectivity index (χ0) is 21.9. The molecule has 0 spiro atoms. The normalized spacial score (nSPS) is 11.1. The van der Waals surface area contributed by atoms with Crippen LogP contribution in [0.2, 0.25) is 0 Å². The van der Waals surface area contributed by atoms with Gasteiger partial charge in [0.25, 0.3) is 0 Å². The van der Waals surface area contributed by atoms with Crippen molar-refractivity contribution in [3.63, 3.8) is 0 Å². The number of rotatable bonds is 11. The van der Waals surface area contributed by atoms with Crippen molar-refractivity contribution in [2.75, 3.05) is 27.3 Å². The first-order valence-electron chi connectivity index (χ1n) is 9.55. The van der Waals surface area contributed by atoms with E-state index in [1.54, 1.807) is 63.1 Å². The summed E-state index contributed by atoms with van der Waals surface area (Å²) in [5.41, 5.74) is 2.62. The highest BCUT2D eigenvalue weighted by Gasteiger charge is 2.09. The van der Waals surface area contributed by atoms with E-state index in [1.807, 2.05) is 0 Å². The maximum absolute atomic E-state index is 10.4. The van der Waals surface area contributed by atoms with Gasteiger partial charge in [-0.1, -0.05) is 12.2 Å². The molecule has 0 radical (unpaired) electrons. The molecule has 2 aromatic rings. The van der Waals surface area contributed by atoms with Crippen molar-refractivity contribution < 1.29 is 19.7 Å². The predicted molar refractivity (Wildman–Crippen MR) is 122 cm³/mol. The topological polar surface area (TPSA) is 83.6 Å². The van der Waals surface area contributed by atoms with Crippen molar-refractivity contribution in [1.82, 2.24) is 0 Å². The number of phenolic OH excluding ortho intramolecular Hbond substituents is 2. The van der Waals surface area contributed by atoms with Crippen LogP contribution < -0.4 is 9.47 Å². The smallest absolute Gasteiger partial charge is 0.128 e.